The molecule has 0 aliphatic heterocycles. The zero-order valence-electron chi connectivity index (χ0n) is 11.3. The van der Waals surface area contributed by atoms with Crippen LogP contribution in [0.25, 0.3) is 0 Å². The van der Waals surface area contributed by atoms with Crippen LogP contribution >= 0.6 is 15.9 Å². The first-order chi connectivity index (χ1) is 8.54. The highest BCUT2D eigenvalue weighted by Gasteiger charge is 2.36. The molecule has 1 aliphatic carbocycles. The van der Waals surface area contributed by atoms with Crippen LogP contribution in [0.15, 0.2) is 28.7 Å². The molecule has 18 heavy (non-hydrogen) atoms. The van der Waals surface area contributed by atoms with Crippen molar-refractivity contribution >= 4 is 15.9 Å². The molecule has 1 aliphatic rings. The van der Waals surface area contributed by atoms with E-state index < -0.39 is 5.60 Å². The number of halogens is 1. The Balaban J connectivity index is 2.11. The van der Waals surface area contributed by atoms with Gasteiger partial charge in [0.05, 0.1) is 5.60 Å². The minimum atomic E-state index is -0.692. The Kier molecular flexibility index (Phi) is 4.50. The van der Waals surface area contributed by atoms with E-state index in [9.17, 15) is 5.11 Å². The third kappa shape index (κ3) is 2.97. The Labute approximate surface area is 119 Å². The van der Waals surface area contributed by atoms with Crippen LogP contribution < -0.4 is 0 Å². The molecule has 100 valence electrons. The molecule has 0 spiro atoms. The van der Waals surface area contributed by atoms with Crippen molar-refractivity contribution in [2.24, 2.45) is 11.8 Å². The fraction of sp³-hybridized carbons (Fsp3) is 0.625. The van der Waals surface area contributed by atoms with Gasteiger partial charge in [-0.15, -0.1) is 0 Å². The van der Waals surface area contributed by atoms with E-state index in [1.165, 1.54) is 19.3 Å². The van der Waals surface area contributed by atoms with Crippen LogP contribution in [-0.4, -0.2) is 5.11 Å². The predicted molar refractivity (Wildman–Crippen MR) is 79.5 cm³/mol. The summed E-state index contributed by atoms with van der Waals surface area (Å²) < 4.78 is 1.04. The molecule has 2 heteroatoms. The van der Waals surface area contributed by atoms with E-state index in [1.807, 2.05) is 31.2 Å². The lowest BCUT2D eigenvalue weighted by molar-refractivity contribution is -0.0276. The number of hydrogen-bond donors (Lipinski definition) is 1. The summed E-state index contributed by atoms with van der Waals surface area (Å²) in [6, 6.07) is 8.10. The topological polar surface area (TPSA) is 20.2 Å². The Morgan fingerprint density at radius 2 is 1.94 bits per heavy atom. The number of aliphatic hydroxyl groups is 1. The van der Waals surface area contributed by atoms with Crippen molar-refractivity contribution in [3.8, 4) is 0 Å². The molecule has 0 bridgehead atoms. The largest absolute Gasteiger partial charge is 0.385 e. The van der Waals surface area contributed by atoms with Gasteiger partial charge in [0.1, 0.15) is 0 Å². The zero-order valence-corrected chi connectivity index (χ0v) is 12.9. The van der Waals surface area contributed by atoms with Crippen LogP contribution in [0, 0.1) is 11.8 Å². The fourth-order valence-corrected chi connectivity index (χ4v) is 3.57. The van der Waals surface area contributed by atoms with Crippen LogP contribution in [0.2, 0.25) is 0 Å². The van der Waals surface area contributed by atoms with Crippen LogP contribution in [0.5, 0.6) is 0 Å². The minimum absolute atomic E-state index is 0.398. The van der Waals surface area contributed by atoms with E-state index in [2.05, 4.69) is 22.9 Å². The molecule has 0 saturated heterocycles. The molecular formula is C16H23BrO. The summed E-state index contributed by atoms with van der Waals surface area (Å²) in [6.45, 7) is 4.25. The van der Waals surface area contributed by atoms with E-state index in [0.29, 0.717) is 5.92 Å². The summed E-state index contributed by atoms with van der Waals surface area (Å²) >= 11 is 3.49. The summed E-state index contributed by atoms with van der Waals surface area (Å²) in [6.07, 6.45) is 6.12. The first-order valence-electron chi connectivity index (χ1n) is 7.02. The predicted octanol–water partition coefficient (Wildman–Crippen LogP) is 4.87. The van der Waals surface area contributed by atoms with E-state index in [1.54, 1.807) is 0 Å². The standard InChI is InChI=1S/C16H23BrO/c1-3-12-7-9-13(10-8-12)16(2,18)14-5-4-6-15(17)11-14/h4-6,11-13,18H,3,7-10H2,1-2H3. The van der Waals surface area contributed by atoms with E-state index >= 15 is 0 Å². The van der Waals surface area contributed by atoms with Crippen LogP contribution in [0.1, 0.15) is 51.5 Å². The lowest BCUT2D eigenvalue weighted by atomic mass is 9.71. The molecule has 1 fully saturated rings. The minimum Gasteiger partial charge on any atom is -0.385 e. The highest BCUT2D eigenvalue weighted by atomic mass is 79.9. The van der Waals surface area contributed by atoms with Gasteiger partial charge in [-0.2, -0.15) is 0 Å². The lowest BCUT2D eigenvalue weighted by Crippen LogP contribution is -2.34. The summed E-state index contributed by atoms with van der Waals surface area (Å²) in [4.78, 5) is 0. The summed E-state index contributed by atoms with van der Waals surface area (Å²) in [5, 5.41) is 10.9. The SMILES string of the molecule is CCC1CCC(C(C)(O)c2cccc(Br)c2)CC1. The average Bonchev–Trinajstić information content (AvgIpc) is 2.39. The van der Waals surface area contributed by atoms with Gasteiger partial charge in [0, 0.05) is 4.47 Å². The molecule has 1 unspecified atom stereocenters. The third-order valence-corrected chi connectivity index (χ3v) is 5.12. The monoisotopic (exact) mass is 310 g/mol. The van der Waals surface area contributed by atoms with Gasteiger partial charge in [-0.25, -0.2) is 0 Å². The maximum Gasteiger partial charge on any atom is 0.0896 e. The highest BCUT2D eigenvalue weighted by molar-refractivity contribution is 9.10. The second-order valence-electron chi connectivity index (χ2n) is 5.78. The van der Waals surface area contributed by atoms with Crippen molar-refractivity contribution in [2.75, 3.05) is 0 Å². The van der Waals surface area contributed by atoms with Gasteiger partial charge in [0.25, 0.3) is 0 Å². The molecule has 1 N–H and O–H groups in total. The van der Waals surface area contributed by atoms with Crippen LogP contribution in [0.3, 0.4) is 0 Å². The van der Waals surface area contributed by atoms with E-state index in [4.69, 9.17) is 0 Å². The van der Waals surface area contributed by atoms with Gasteiger partial charge < -0.3 is 5.11 Å². The van der Waals surface area contributed by atoms with Crippen molar-refractivity contribution in [1.82, 2.24) is 0 Å². The average molecular weight is 311 g/mol. The fourth-order valence-electron chi connectivity index (χ4n) is 3.17. The molecule has 0 radical (unpaired) electrons. The Hall–Kier alpha value is -0.340. The van der Waals surface area contributed by atoms with E-state index in [-0.39, 0.29) is 0 Å². The highest BCUT2D eigenvalue weighted by Crippen LogP contribution is 2.41. The van der Waals surface area contributed by atoms with Crippen molar-refractivity contribution in [1.29, 1.82) is 0 Å². The Morgan fingerprint density at radius 3 is 2.50 bits per heavy atom. The van der Waals surface area contributed by atoms with E-state index in [0.717, 1.165) is 28.8 Å². The second kappa shape index (κ2) is 5.75. The van der Waals surface area contributed by atoms with Gasteiger partial charge in [0.15, 0.2) is 0 Å². The van der Waals surface area contributed by atoms with Crippen LogP contribution in [0.4, 0.5) is 0 Å². The molecule has 0 aromatic heterocycles. The first-order valence-corrected chi connectivity index (χ1v) is 7.81. The van der Waals surface area contributed by atoms with Crippen molar-refractivity contribution in [3.63, 3.8) is 0 Å². The molecule has 0 heterocycles. The number of hydrogen-bond acceptors (Lipinski definition) is 1. The maximum absolute atomic E-state index is 10.9. The summed E-state index contributed by atoms with van der Waals surface area (Å²) in [5.41, 5.74) is 0.347. The zero-order chi connectivity index (χ0) is 13.2. The number of benzene rings is 1. The molecule has 0 amide bonds. The Bertz CT molecular complexity index is 392. The molecule has 1 saturated carbocycles. The van der Waals surface area contributed by atoms with Crippen molar-refractivity contribution in [3.05, 3.63) is 34.3 Å². The lowest BCUT2D eigenvalue weighted by Gasteiger charge is -2.38. The normalized spacial score (nSPS) is 27.8. The van der Waals surface area contributed by atoms with Gasteiger partial charge in [-0.1, -0.05) is 54.2 Å². The third-order valence-electron chi connectivity index (χ3n) is 4.63. The second-order valence-corrected chi connectivity index (χ2v) is 6.70. The molecular weight excluding hydrogens is 288 g/mol. The summed E-state index contributed by atoms with van der Waals surface area (Å²) in [5.74, 6) is 1.27. The Morgan fingerprint density at radius 1 is 1.28 bits per heavy atom. The molecule has 1 aromatic carbocycles. The van der Waals surface area contributed by atoms with Crippen molar-refractivity contribution in [2.45, 2.75) is 51.6 Å². The molecule has 2 rings (SSSR count). The smallest absolute Gasteiger partial charge is 0.0896 e. The quantitative estimate of drug-likeness (QED) is 0.844. The van der Waals surface area contributed by atoms with Gasteiger partial charge in [-0.05, 0) is 49.3 Å². The summed E-state index contributed by atoms with van der Waals surface area (Å²) in [7, 11) is 0. The van der Waals surface area contributed by atoms with Crippen LogP contribution in [-0.2, 0) is 5.60 Å². The van der Waals surface area contributed by atoms with Gasteiger partial charge >= 0.3 is 0 Å². The molecule has 1 nitrogen and oxygen atoms in total. The molecule has 1 atom stereocenters. The maximum atomic E-state index is 10.9. The van der Waals surface area contributed by atoms with Crippen molar-refractivity contribution < 1.29 is 5.11 Å². The molecule has 1 aromatic rings. The first kappa shape index (κ1) is 14.1. The van der Waals surface area contributed by atoms with Gasteiger partial charge in [0.2, 0.25) is 0 Å². The number of rotatable bonds is 3. The van der Waals surface area contributed by atoms with Gasteiger partial charge in [-0.3, -0.25) is 0 Å².